The number of benzene rings is 2. The average Bonchev–Trinajstić information content (AvgIpc) is 2.46. The van der Waals surface area contributed by atoms with Gasteiger partial charge in [0.05, 0.1) is 7.11 Å². The summed E-state index contributed by atoms with van der Waals surface area (Å²) in [5.41, 5.74) is 1.08. The van der Waals surface area contributed by atoms with Gasteiger partial charge in [-0.3, -0.25) is 4.79 Å². The second kappa shape index (κ2) is 5.87. The molecule has 2 aromatic rings. The molecule has 1 unspecified atom stereocenters. The Balaban J connectivity index is 2.39. The van der Waals surface area contributed by atoms with Crippen LogP contribution in [0.3, 0.4) is 0 Å². The standard InChI is InChI=1S/C17H20O2/c1-4-12(2)17(18)10-14-7-5-6-13-8-9-15(19-3)11-16(13)14/h5-9,11-12H,4,10H2,1-3H3. The highest BCUT2D eigenvalue weighted by molar-refractivity contribution is 5.92. The van der Waals surface area contributed by atoms with Gasteiger partial charge >= 0.3 is 0 Å². The molecule has 0 bridgehead atoms. The molecule has 19 heavy (non-hydrogen) atoms. The van der Waals surface area contributed by atoms with Gasteiger partial charge in [0.2, 0.25) is 0 Å². The first-order valence-corrected chi connectivity index (χ1v) is 6.74. The zero-order chi connectivity index (χ0) is 13.8. The van der Waals surface area contributed by atoms with E-state index in [2.05, 4.69) is 13.0 Å². The first kappa shape index (κ1) is 13.6. The molecule has 0 aliphatic carbocycles. The lowest BCUT2D eigenvalue weighted by Crippen LogP contribution is -2.12. The van der Waals surface area contributed by atoms with Gasteiger partial charge in [0, 0.05) is 12.3 Å². The van der Waals surface area contributed by atoms with Crippen LogP contribution in [-0.2, 0) is 11.2 Å². The van der Waals surface area contributed by atoms with Crippen molar-refractivity contribution in [3.63, 3.8) is 0 Å². The highest BCUT2D eigenvalue weighted by Gasteiger charge is 2.13. The zero-order valence-electron chi connectivity index (χ0n) is 11.8. The van der Waals surface area contributed by atoms with Gasteiger partial charge in [0.25, 0.3) is 0 Å². The number of fused-ring (bicyclic) bond motifs is 1. The van der Waals surface area contributed by atoms with Crippen molar-refractivity contribution in [2.45, 2.75) is 26.7 Å². The van der Waals surface area contributed by atoms with Crippen molar-refractivity contribution < 1.29 is 9.53 Å². The monoisotopic (exact) mass is 256 g/mol. The molecular formula is C17H20O2. The lowest BCUT2D eigenvalue weighted by molar-refractivity contribution is -0.121. The van der Waals surface area contributed by atoms with Crippen molar-refractivity contribution >= 4 is 16.6 Å². The van der Waals surface area contributed by atoms with Gasteiger partial charge < -0.3 is 4.74 Å². The molecule has 0 N–H and O–H groups in total. The molecule has 0 aromatic heterocycles. The van der Waals surface area contributed by atoms with Crippen LogP contribution >= 0.6 is 0 Å². The molecule has 1 atom stereocenters. The minimum Gasteiger partial charge on any atom is -0.497 e. The van der Waals surface area contributed by atoms with E-state index in [0.717, 1.165) is 28.5 Å². The Bertz CT molecular complexity index is 587. The summed E-state index contributed by atoms with van der Waals surface area (Å²) in [5, 5.41) is 2.26. The molecule has 0 saturated carbocycles. The van der Waals surface area contributed by atoms with E-state index in [1.165, 1.54) is 0 Å². The Labute approximate surface area is 114 Å². The molecular weight excluding hydrogens is 236 g/mol. The third kappa shape index (κ3) is 2.95. The van der Waals surface area contributed by atoms with Crippen molar-refractivity contribution in [3.8, 4) is 5.75 Å². The summed E-state index contributed by atoms with van der Waals surface area (Å²) in [7, 11) is 1.66. The fraction of sp³-hybridized carbons (Fsp3) is 0.353. The van der Waals surface area contributed by atoms with Crippen molar-refractivity contribution in [1.29, 1.82) is 0 Å². The highest BCUT2D eigenvalue weighted by Crippen LogP contribution is 2.25. The fourth-order valence-electron chi connectivity index (χ4n) is 2.19. The van der Waals surface area contributed by atoms with Crippen molar-refractivity contribution in [2.24, 2.45) is 5.92 Å². The maximum atomic E-state index is 12.1. The van der Waals surface area contributed by atoms with Crippen molar-refractivity contribution in [1.82, 2.24) is 0 Å². The summed E-state index contributed by atoms with van der Waals surface area (Å²) in [5.74, 6) is 1.26. The first-order chi connectivity index (χ1) is 9.15. The molecule has 0 aliphatic rings. The zero-order valence-corrected chi connectivity index (χ0v) is 11.8. The van der Waals surface area contributed by atoms with E-state index in [1.807, 2.05) is 37.3 Å². The van der Waals surface area contributed by atoms with Gasteiger partial charge in [0.1, 0.15) is 11.5 Å². The third-order valence-corrected chi connectivity index (χ3v) is 3.71. The number of Topliss-reactive ketones (excluding diaryl/α,β-unsaturated/α-hetero) is 1. The number of ether oxygens (including phenoxy) is 1. The predicted octanol–water partition coefficient (Wildman–Crippen LogP) is 4.01. The molecule has 2 nitrogen and oxygen atoms in total. The topological polar surface area (TPSA) is 26.3 Å². The van der Waals surface area contributed by atoms with Gasteiger partial charge in [-0.1, -0.05) is 38.1 Å². The van der Waals surface area contributed by atoms with E-state index in [-0.39, 0.29) is 5.92 Å². The predicted molar refractivity (Wildman–Crippen MR) is 78.7 cm³/mol. The molecule has 100 valence electrons. The van der Waals surface area contributed by atoms with Gasteiger partial charge in [-0.05, 0) is 34.9 Å². The normalized spacial score (nSPS) is 12.4. The van der Waals surface area contributed by atoms with Crippen LogP contribution in [0.1, 0.15) is 25.8 Å². The molecule has 2 heteroatoms. The van der Waals surface area contributed by atoms with Crippen LogP contribution in [0.2, 0.25) is 0 Å². The van der Waals surface area contributed by atoms with E-state index in [9.17, 15) is 4.79 Å². The molecule has 0 saturated heterocycles. The number of rotatable bonds is 5. The summed E-state index contributed by atoms with van der Waals surface area (Å²) in [6, 6.07) is 12.1. The number of carbonyl (C=O) groups excluding carboxylic acids is 1. The maximum Gasteiger partial charge on any atom is 0.140 e. The van der Waals surface area contributed by atoms with Crippen LogP contribution in [0, 0.1) is 5.92 Å². The molecule has 2 aromatic carbocycles. The van der Waals surface area contributed by atoms with E-state index in [0.29, 0.717) is 12.2 Å². The number of ketones is 1. The second-order valence-corrected chi connectivity index (χ2v) is 4.96. The fourth-order valence-corrected chi connectivity index (χ4v) is 2.19. The molecule has 0 amide bonds. The molecule has 0 fully saturated rings. The molecule has 2 rings (SSSR count). The minimum atomic E-state index is 0.126. The number of hydrogen-bond acceptors (Lipinski definition) is 2. The van der Waals surface area contributed by atoms with E-state index in [1.54, 1.807) is 7.11 Å². The summed E-state index contributed by atoms with van der Waals surface area (Å²) >= 11 is 0. The van der Waals surface area contributed by atoms with Gasteiger partial charge in [-0.25, -0.2) is 0 Å². The molecule has 0 aliphatic heterocycles. The van der Waals surface area contributed by atoms with Gasteiger partial charge in [-0.15, -0.1) is 0 Å². The third-order valence-electron chi connectivity index (χ3n) is 3.71. The van der Waals surface area contributed by atoms with Gasteiger partial charge in [0.15, 0.2) is 0 Å². The van der Waals surface area contributed by atoms with Crippen LogP contribution in [0.4, 0.5) is 0 Å². The van der Waals surface area contributed by atoms with E-state index in [4.69, 9.17) is 4.74 Å². The number of hydrogen-bond donors (Lipinski definition) is 0. The average molecular weight is 256 g/mol. The highest BCUT2D eigenvalue weighted by atomic mass is 16.5. The number of methoxy groups -OCH3 is 1. The van der Waals surface area contributed by atoms with Crippen molar-refractivity contribution in [3.05, 3.63) is 42.0 Å². The molecule has 0 heterocycles. The Morgan fingerprint density at radius 3 is 2.74 bits per heavy atom. The van der Waals surface area contributed by atoms with E-state index < -0.39 is 0 Å². The van der Waals surface area contributed by atoms with Gasteiger partial charge in [-0.2, -0.15) is 0 Å². The largest absolute Gasteiger partial charge is 0.497 e. The Morgan fingerprint density at radius 1 is 1.26 bits per heavy atom. The van der Waals surface area contributed by atoms with Crippen LogP contribution in [0.5, 0.6) is 5.75 Å². The lowest BCUT2D eigenvalue weighted by atomic mass is 9.94. The molecule has 0 spiro atoms. The second-order valence-electron chi connectivity index (χ2n) is 4.96. The SMILES string of the molecule is CCC(C)C(=O)Cc1cccc2ccc(OC)cc12. The van der Waals surface area contributed by atoms with Crippen LogP contribution in [0.15, 0.2) is 36.4 Å². The van der Waals surface area contributed by atoms with E-state index >= 15 is 0 Å². The number of carbonyl (C=O) groups is 1. The van der Waals surface area contributed by atoms with Crippen molar-refractivity contribution in [2.75, 3.05) is 7.11 Å². The summed E-state index contributed by atoms with van der Waals surface area (Å²) < 4.78 is 5.27. The molecule has 0 radical (unpaired) electrons. The first-order valence-electron chi connectivity index (χ1n) is 6.74. The van der Waals surface area contributed by atoms with Crippen LogP contribution in [-0.4, -0.2) is 12.9 Å². The smallest absolute Gasteiger partial charge is 0.140 e. The summed E-state index contributed by atoms with van der Waals surface area (Å²) in [4.78, 5) is 12.1. The summed E-state index contributed by atoms with van der Waals surface area (Å²) in [6.45, 7) is 4.04. The Morgan fingerprint density at radius 2 is 2.05 bits per heavy atom. The summed E-state index contributed by atoms with van der Waals surface area (Å²) in [6.07, 6.45) is 1.40. The quantitative estimate of drug-likeness (QED) is 0.808. The van der Waals surface area contributed by atoms with Crippen LogP contribution in [0.25, 0.3) is 10.8 Å². The van der Waals surface area contributed by atoms with Crippen LogP contribution < -0.4 is 4.74 Å². The minimum absolute atomic E-state index is 0.126. The lowest BCUT2D eigenvalue weighted by Gasteiger charge is -2.10. The maximum absolute atomic E-state index is 12.1. The Hall–Kier alpha value is -1.83. The Kier molecular flexibility index (Phi) is 4.20.